The molecule has 0 saturated heterocycles. The van der Waals surface area contributed by atoms with Crippen molar-refractivity contribution >= 4 is 17.1 Å². The van der Waals surface area contributed by atoms with Gasteiger partial charge in [-0.3, -0.25) is 0 Å². The van der Waals surface area contributed by atoms with Gasteiger partial charge >= 0.3 is 0 Å². The predicted molar refractivity (Wildman–Crippen MR) is 67.8 cm³/mol. The summed E-state index contributed by atoms with van der Waals surface area (Å²) in [6.07, 6.45) is 1.48. The zero-order valence-corrected chi connectivity index (χ0v) is 10.7. The van der Waals surface area contributed by atoms with Crippen LogP contribution < -0.4 is 10.1 Å². The molecule has 98 valence electrons. The van der Waals surface area contributed by atoms with Crippen molar-refractivity contribution in [2.75, 3.05) is 25.6 Å². The van der Waals surface area contributed by atoms with Crippen LogP contribution in [0.15, 0.2) is 6.33 Å². The van der Waals surface area contributed by atoms with Crippen molar-refractivity contribution in [2.45, 2.75) is 20.0 Å². The van der Waals surface area contributed by atoms with Crippen molar-refractivity contribution in [2.24, 2.45) is 0 Å². The monoisotopic (exact) mass is 251 g/mol. The number of aromatic amines is 1. The molecule has 1 atom stereocenters. The van der Waals surface area contributed by atoms with Crippen LogP contribution in [0.4, 0.5) is 5.95 Å². The highest BCUT2D eigenvalue weighted by Gasteiger charge is 2.13. The van der Waals surface area contributed by atoms with E-state index < -0.39 is 0 Å². The first-order chi connectivity index (χ1) is 8.74. The van der Waals surface area contributed by atoms with Crippen molar-refractivity contribution in [1.29, 1.82) is 0 Å². The number of aromatic nitrogens is 4. The molecule has 0 aliphatic heterocycles. The highest BCUT2D eigenvalue weighted by atomic mass is 16.5. The largest absolute Gasteiger partial charge is 0.471 e. The summed E-state index contributed by atoms with van der Waals surface area (Å²) >= 11 is 0. The molecule has 0 amide bonds. The van der Waals surface area contributed by atoms with Gasteiger partial charge in [-0.2, -0.15) is 9.97 Å². The second-order valence-corrected chi connectivity index (χ2v) is 3.87. The maximum Gasteiger partial charge on any atom is 0.245 e. The first kappa shape index (κ1) is 12.6. The van der Waals surface area contributed by atoms with Gasteiger partial charge in [0.2, 0.25) is 11.8 Å². The Balaban J connectivity index is 2.31. The van der Waals surface area contributed by atoms with Gasteiger partial charge in [-0.1, -0.05) is 0 Å². The fraction of sp³-hybridized carbons (Fsp3) is 0.545. The van der Waals surface area contributed by atoms with Crippen LogP contribution in [-0.4, -0.2) is 46.3 Å². The third-order valence-electron chi connectivity index (χ3n) is 2.30. The van der Waals surface area contributed by atoms with Gasteiger partial charge in [-0.25, -0.2) is 4.98 Å². The molecule has 0 aliphatic carbocycles. The SMILES string of the molecule is CCNc1nc(OC(C)COC)c2[nH]cnc2n1. The van der Waals surface area contributed by atoms with Crippen LogP contribution in [-0.2, 0) is 4.74 Å². The molecule has 0 bridgehead atoms. The molecule has 0 spiro atoms. The number of anilines is 1. The number of imidazole rings is 1. The van der Waals surface area contributed by atoms with Crippen LogP contribution in [0.5, 0.6) is 5.88 Å². The number of hydrogen-bond acceptors (Lipinski definition) is 6. The Labute approximate surface area is 105 Å². The lowest BCUT2D eigenvalue weighted by atomic mass is 10.4. The van der Waals surface area contributed by atoms with Crippen molar-refractivity contribution in [3.8, 4) is 5.88 Å². The van der Waals surface area contributed by atoms with E-state index in [9.17, 15) is 0 Å². The minimum Gasteiger partial charge on any atom is -0.471 e. The molecule has 2 aromatic rings. The summed E-state index contributed by atoms with van der Waals surface area (Å²) in [5.74, 6) is 0.995. The number of ether oxygens (including phenoxy) is 2. The highest BCUT2D eigenvalue weighted by molar-refractivity contribution is 5.76. The fourth-order valence-corrected chi connectivity index (χ4v) is 1.59. The summed E-state index contributed by atoms with van der Waals surface area (Å²) in [7, 11) is 1.63. The van der Waals surface area contributed by atoms with Crippen LogP contribution in [0, 0.1) is 0 Å². The summed E-state index contributed by atoms with van der Waals surface area (Å²) in [5, 5.41) is 3.05. The van der Waals surface area contributed by atoms with Gasteiger partial charge in [0.1, 0.15) is 11.6 Å². The standard InChI is InChI=1S/C11H17N5O2/c1-4-12-11-15-9-8(13-6-14-9)10(16-11)18-7(2)5-17-3/h6-7H,4-5H2,1-3H3,(H2,12,13,14,15,16). The Bertz CT molecular complexity index is 513. The van der Waals surface area contributed by atoms with Crippen molar-refractivity contribution < 1.29 is 9.47 Å². The quantitative estimate of drug-likeness (QED) is 0.802. The molecule has 2 N–H and O–H groups in total. The highest BCUT2D eigenvalue weighted by Crippen LogP contribution is 2.21. The van der Waals surface area contributed by atoms with Crippen molar-refractivity contribution in [3.63, 3.8) is 0 Å². The summed E-state index contributed by atoms with van der Waals surface area (Å²) in [5.41, 5.74) is 1.28. The molecule has 7 nitrogen and oxygen atoms in total. The number of methoxy groups -OCH3 is 1. The van der Waals surface area contributed by atoms with Crippen LogP contribution >= 0.6 is 0 Å². The number of nitrogens with zero attached hydrogens (tertiary/aromatic N) is 3. The molecular weight excluding hydrogens is 234 g/mol. The Kier molecular flexibility index (Phi) is 3.93. The molecule has 2 rings (SSSR count). The molecule has 18 heavy (non-hydrogen) atoms. The number of fused-ring (bicyclic) bond motifs is 1. The van der Waals surface area contributed by atoms with Gasteiger partial charge in [-0.05, 0) is 13.8 Å². The molecule has 0 aliphatic rings. The first-order valence-electron chi connectivity index (χ1n) is 5.85. The number of rotatable bonds is 6. The molecule has 1 unspecified atom stereocenters. The zero-order valence-electron chi connectivity index (χ0n) is 10.7. The Morgan fingerprint density at radius 1 is 1.44 bits per heavy atom. The molecule has 2 aromatic heterocycles. The first-order valence-corrected chi connectivity index (χ1v) is 5.85. The lowest BCUT2D eigenvalue weighted by molar-refractivity contribution is 0.0900. The van der Waals surface area contributed by atoms with Crippen molar-refractivity contribution in [3.05, 3.63) is 6.33 Å². The Morgan fingerprint density at radius 2 is 2.28 bits per heavy atom. The second kappa shape index (κ2) is 5.63. The van der Waals surface area contributed by atoms with Crippen LogP contribution in [0.3, 0.4) is 0 Å². The van der Waals surface area contributed by atoms with Gasteiger partial charge in [0, 0.05) is 13.7 Å². The number of H-pyrrole nitrogens is 1. The average molecular weight is 251 g/mol. The summed E-state index contributed by atoms with van der Waals surface area (Å²) in [6.45, 7) is 5.13. The van der Waals surface area contributed by atoms with Crippen LogP contribution in [0.25, 0.3) is 11.2 Å². The van der Waals surface area contributed by atoms with Gasteiger partial charge in [-0.15, -0.1) is 0 Å². The maximum absolute atomic E-state index is 5.73. The number of hydrogen-bond donors (Lipinski definition) is 2. The molecule has 0 fully saturated rings. The normalized spacial score (nSPS) is 12.6. The minimum atomic E-state index is -0.0918. The lowest BCUT2D eigenvalue weighted by Crippen LogP contribution is -2.19. The minimum absolute atomic E-state index is 0.0918. The third-order valence-corrected chi connectivity index (χ3v) is 2.30. The fourth-order valence-electron chi connectivity index (χ4n) is 1.59. The molecular formula is C11H17N5O2. The molecule has 0 saturated carbocycles. The lowest BCUT2D eigenvalue weighted by Gasteiger charge is -2.13. The van der Waals surface area contributed by atoms with E-state index in [1.807, 2.05) is 13.8 Å². The van der Waals surface area contributed by atoms with E-state index in [1.165, 1.54) is 0 Å². The summed E-state index contributed by atoms with van der Waals surface area (Å²) in [6, 6.07) is 0. The Morgan fingerprint density at radius 3 is 3.00 bits per heavy atom. The molecule has 2 heterocycles. The Hall–Kier alpha value is -1.89. The van der Waals surface area contributed by atoms with Gasteiger partial charge in [0.05, 0.1) is 12.9 Å². The predicted octanol–water partition coefficient (Wildman–Crippen LogP) is 1.20. The van der Waals surface area contributed by atoms with Crippen LogP contribution in [0.2, 0.25) is 0 Å². The van der Waals surface area contributed by atoms with E-state index in [-0.39, 0.29) is 6.10 Å². The second-order valence-electron chi connectivity index (χ2n) is 3.87. The smallest absolute Gasteiger partial charge is 0.245 e. The molecule has 0 aromatic carbocycles. The van der Waals surface area contributed by atoms with Gasteiger partial charge in [0.15, 0.2) is 5.65 Å². The zero-order chi connectivity index (χ0) is 13.0. The molecule has 7 heteroatoms. The third kappa shape index (κ3) is 2.67. The summed E-state index contributed by atoms with van der Waals surface area (Å²) in [4.78, 5) is 15.7. The van der Waals surface area contributed by atoms with E-state index in [0.717, 1.165) is 6.54 Å². The van der Waals surface area contributed by atoms with E-state index in [2.05, 4.69) is 25.3 Å². The van der Waals surface area contributed by atoms with E-state index >= 15 is 0 Å². The summed E-state index contributed by atoms with van der Waals surface area (Å²) < 4.78 is 10.8. The number of nitrogens with one attached hydrogen (secondary N) is 2. The van der Waals surface area contributed by atoms with Crippen LogP contribution in [0.1, 0.15) is 13.8 Å². The van der Waals surface area contributed by atoms with E-state index in [4.69, 9.17) is 9.47 Å². The van der Waals surface area contributed by atoms with Crippen molar-refractivity contribution in [1.82, 2.24) is 19.9 Å². The van der Waals surface area contributed by atoms with Gasteiger partial charge in [0.25, 0.3) is 0 Å². The van der Waals surface area contributed by atoms with Gasteiger partial charge < -0.3 is 19.8 Å². The topological polar surface area (TPSA) is 85.0 Å². The average Bonchev–Trinajstić information content (AvgIpc) is 2.78. The molecule has 0 radical (unpaired) electrons. The van der Waals surface area contributed by atoms with E-state index in [1.54, 1.807) is 13.4 Å². The van der Waals surface area contributed by atoms with E-state index in [0.29, 0.717) is 29.6 Å². The maximum atomic E-state index is 5.73.